The Morgan fingerprint density at radius 1 is 1.00 bits per heavy atom. The quantitative estimate of drug-likeness (QED) is 0.428. The van der Waals surface area contributed by atoms with Gasteiger partial charge in [0.15, 0.2) is 0 Å². The van der Waals surface area contributed by atoms with Gasteiger partial charge < -0.3 is 25.5 Å². The van der Waals surface area contributed by atoms with E-state index in [0.717, 1.165) is 0 Å². The van der Waals surface area contributed by atoms with Crippen molar-refractivity contribution < 1.29 is 25.5 Å². The van der Waals surface area contributed by atoms with Gasteiger partial charge in [-0.3, -0.25) is 9.97 Å². The second-order valence-corrected chi connectivity index (χ2v) is 4.62. The van der Waals surface area contributed by atoms with E-state index in [1.165, 1.54) is 26.2 Å². The molecule has 0 aromatic carbocycles. The Morgan fingerprint density at radius 3 is 2.16 bits per heavy atom. The van der Waals surface area contributed by atoms with Gasteiger partial charge in [0, 0.05) is 12.6 Å². The first-order valence-corrected chi connectivity index (χ1v) is 6.04. The summed E-state index contributed by atoms with van der Waals surface area (Å²) in [6, 6.07) is 0. The SMILES string of the molecule is C[C@@H](O)[C@H](O)[C@H](O)c1cncc(C[C@@H](O)[C@@H](C)O)n1. The summed E-state index contributed by atoms with van der Waals surface area (Å²) in [6.07, 6.45) is -2.98. The molecule has 0 bridgehead atoms. The molecular weight excluding hydrogens is 252 g/mol. The topological polar surface area (TPSA) is 127 Å². The highest BCUT2D eigenvalue weighted by molar-refractivity contribution is 5.08. The third kappa shape index (κ3) is 4.48. The molecule has 0 unspecified atom stereocenters. The van der Waals surface area contributed by atoms with Crippen LogP contribution in [-0.4, -0.2) is 59.9 Å². The van der Waals surface area contributed by atoms with E-state index in [0.29, 0.717) is 5.69 Å². The van der Waals surface area contributed by atoms with Crippen molar-refractivity contribution in [3.8, 4) is 0 Å². The van der Waals surface area contributed by atoms with Gasteiger partial charge in [0.05, 0.1) is 35.9 Å². The van der Waals surface area contributed by atoms with Gasteiger partial charge >= 0.3 is 0 Å². The van der Waals surface area contributed by atoms with Crippen LogP contribution in [0.25, 0.3) is 0 Å². The van der Waals surface area contributed by atoms with Gasteiger partial charge in [-0.25, -0.2) is 0 Å². The lowest BCUT2D eigenvalue weighted by Crippen LogP contribution is -2.31. The molecule has 5 atom stereocenters. The standard InChI is InChI=1S/C12H20N2O5/c1-6(15)10(17)3-8-4-13-5-9(14-8)12(19)11(18)7(2)16/h4-7,10-12,15-19H,3H2,1-2H3/t6-,7-,10-,11+,12-/m1/s1. The number of aliphatic hydroxyl groups is 5. The van der Waals surface area contributed by atoms with E-state index in [1.807, 2.05) is 0 Å². The van der Waals surface area contributed by atoms with E-state index in [9.17, 15) is 25.5 Å². The molecule has 0 radical (unpaired) electrons. The fourth-order valence-electron chi connectivity index (χ4n) is 1.49. The molecule has 0 saturated heterocycles. The Hall–Kier alpha value is -1.12. The number of aromatic nitrogens is 2. The Balaban J connectivity index is 2.82. The van der Waals surface area contributed by atoms with Crippen molar-refractivity contribution in [2.75, 3.05) is 0 Å². The average Bonchev–Trinajstić information content (AvgIpc) is 2.37. The normalized spacial score (nSPS) is 19.5. The zero-order valence-electron chi connectivity index (χ0n) is 10.9. The monoisotopic (exact) mass is 272 g/mol. The molecule has 0 fully saturated rings. The summed E-state index contributed by atoms with van der Waals surface area (Å²) in [6.45, 7) is 2.80. The van der Waals surface area contributed by atoms with Crippen molar-refractivity contribution in [2.24, 2.45) is 0 Å². The van der Waals surface area contributed by atoms with Crippen molar-refractivity contribution in [2.45, 2.75) is 50.8 Å². The van der Waals surface area contributed by atoms with E-state index >= 15 is 0 Å². The van der Waals surface area contributed by atoms with Crippen LogP contribution in [0.1, 0.15) is 31.3 Å². The molecule has 1 aromatic heterocycles. The lowest BCUT2D eigenvalue weighted by atomic mass is 10.1. The molecule has 7 heteroatoms. The number of aliphatic hydroxyl groups excluding tert-OH is 5. The maximum absolute atomic E-state index is 9.80. The molecule has 0 amide bonds. The second kappa shape index (κ2) is 6.88. The van der Waals surface area contributed by atoms with Crippen LogP contribution in [0.4, 0.5) is 0 Å². The Kier molecular flexibility index (Phi) is 5.77. The molecular formula is C12H20N2O5. The van der Waals surface area contributed by atoms with Gasteiger partial charge in [-0.1, -0.05) is 0 Å². The Morgan fingerprint density at radius 2 is 1.63 bits per heavy atom. The summed E-state index contributed by atoms with van der Waals surface area (Å²) in [7, 11) is 0. The number of nitrogens with zero attached hydrogens (tertiary/aromatic N) is 2. The molecule has 0 spiro atoms. The lowest BCUT2D eigenvalue weighted by molar-refractivity contribution is -0.0550. The fraction of sp³-hybridized carbons (Fsp3) is 0.667. The zero-order valence-corrected chi connectivity index (χ0v) is 10.9. The van der Waals surface area contributed by atoms with E-state index in [1.54, 1.807) is 0 Å². The molecule has 0 saturated carbocycles. The molecule has 0 aliphatic carbocycles. The first-order valence-electron chi connectivity index (χ1n) is 6.04. The smallest absolute Gasteiger partial charge is 0.126 e. The summed E-state index contributed by atoms with van der Waals surface area (Å²) >= 11 is 0. The average molecular weight is 272 g/mol. The highest BCUT2D eigenvalue weighted by atomic mass is 16.4. The predicted molar refractivity (Wildman–Crippen MR) is 66.1 cm³/mol. The molecule has 1 aromatic rings. The summed E-state index contributed by atoms with van der Waals surface area (Å²) < 4.78 is 0. The molecule has 7 nitrogen and oxygen atoms in total. The molecule has 19 heavy (non-hydrogen) atoms. The van der Waals surface area contributed by atoms with Gasteiger partial charge in [0.1, 0.15) is 12.2 Å². The van der Waals surface area contributed by atoms with Gasteiger partial charge in [-0.05, 0) is 13.8 Å². The zero-order chi connectivity index (χ0) is 14.6. The summed E-state index contributed by atoms with van der Waals surface area (Å²) in [5.41, 5.74) is 0.478. The Bertz CT molecular complexity index is 399. The minimum atomic E-state index is -1.37. The molecule has 5 N–H and O–H groups in total. The summed E-state index contributed by atoms with van der Waals surface area (Å²) in [5.74, 6) is 0. The molecule has 1 rings (SSSR count). The number of hydrogen-bond donors (Lipinski definition) is 5. The van der Waals surface area contributed by atoms with Gasteiger partial charge in [0.2, 0.25) is 0 Å². The molecule has 0 aliphatic rings. The summed E-state index contributed by atoms with van der Waals surface area (Å²) in [4.78, 5) is 7.90. The highest BCUT2D eigenvalue weighted by Crippen LogP contribution is 2.17. The van der Waals surface area contributed by atoms with Crippen LogP contribution in [-0.2, 0) is 6.42 Å². The maximum atomic E-state index is 9.80. The van der Waals surface area contributed by atoms with Crippen LogP contribution in [0.3, 0.4) is 0 Å². The van der Waals surface area contributed by atoms with Crippen molar-refractivity contribution in [3.63, 3.8) is 0 Å². The highest BCUT2D eigenvalue weighted by Gasteiger charge is 2.24. The van der Waals surface area contributed by atoms with Crippen molar-refractivity contribution >= 4 is 0 Å². The van der Waals surface area contributed by atoms with Gasteiger partial charge in [-0.15, -0.1) is 0 Å². The van der Waals surface area contributed by atoms with Crippen LogP contribution in [0.2, 0.25) is 0 Å². The third-order valence-corrected chi connectivity index (χ3v) is 2.80. The number of rotatable bonds is 6. The minimum Gasteiger partial charge on any atom is -0.391 e. The van der Waals surface area contributed by atoms with E-state index < -0.39 is 30.5 Å². The Labute approximate surface area is 111 Å². The largest absolute Gasteiger partial charge is 0.391 e. The van der Waals surface area contributed by atoms with Gasteiger partial charge in [0.25, 0.3) is 0 Å². The maximum Gasteiger partial charge on any atom is 0.126 e. The van der Waals surface area contributed by atoms with Crippen molar-refractivity contribution in [3.05, 3.63) is 23.8 Å². The van der Waals surface area contributed by atoms with E-state index in [-0.39, 0.29) is 12.1 Å². The lowest BCUT2D eigenvalue weighted by Gasteiger charge is -2.20. The van der Waals surface area contributed by atoms with Crippen LogP contribution in [0.15, 0.2) is 12.4 Å². The van der Waals surface area contributed by atoms with E-state index in [2.05, 4.69) is 9.97 Å². The van der Waals surface area contributed by atoms with Crippen LogP contribution >= 0.6 is 0 Å². The number of hydrogen-bond acceptors (Lipinski definition) is 7. The van der Waals surface area contributed by atoms with Crippen molar-refractivity contribution in [1.82, 2.24) is 9.97 Å². The van der Waals surface area contributed by atoms with Gasteiger partial charge in [-0.2, -0.15) is 0 Å². The van der Waals surface area contributed by atoms with Crippen LogP contribution in [0, 0.1) is 0 Å². The first kappa shape index (κ1) is 15.9. The second-order valence-electron chi connectivity index (χ2n) is 4.62. The van der Waals surface area contributed by atoms with E-state index in [4.69, 9.17) is 0 Å². The summed E-state index contributed by atoms with van der Waals surface area (Å²) in [5, 5.41) is 47.3. The predicted octanol–water partition coefficient (Wildman–Crippen LogP) is -1.46. The minimum absolute atomic E-state index is 0.0794. The fourth-order valence-corrected chi connectivity index (χ4v) is 1.49. The van der Waals surface area contributed by atoms with Crippen LogP contribution < -0.4 is 0 Å². The molecule has 108 valence electrons. The van der Waals surface area contributed by atoms with Crippen molar-refractivity contribution in [1.29, 1.82) is 0 Å². The third-order valence-electron chi connectivity index (χ3n) is 2.80. The first-order chi connectivity index (χ1) is 8.82. The molecule has 0 aliphatic heterocycles. The van der Waals surface area contributed by atoms with Crippen LogP contribution in [0.5, 0.6) is 0 Å². The molecule has 1 heterocycles.